The fourth-order valence-corrected chi connectivity index (χ4v) is 0.608. The molecule has 0 amide bonds. The molecule has 2 nitrogen and oxygen atoms in total. The van der Waals surface area contributed by atoms with E-state index in [4.69, 9.17) is 0 Å². The quantitative estimate of drug-likeness (QED) is 0.422. The molecule has 7 heavy (non-hydrogen) atoms. The van der Waals surface area contributed by atoms with E-state index in [0.29, 0.717) is 0 Å². The van der Waals surface area contributed by atoms with E-state index in [1.54, 1.807) is 0 Å². The molecule has 0 fully saturated rings. The minimum atomic E-state index is 0.963. The zero-order valence-corrected chi connectivity index (χ0v) is 4.52. The van der Waals surface area contributed by atoms with Crippen molar-refractivity contribution in [3.63, 3.8) is 0 Å². The molecule has 0 aromatic heterocycles. The molecule has 0 spiro atoms. The summed E-state index contributed by atoms with van der Waals surface area (Å²) < 4.78 is 0. The summed E-state index contributed by atoms with van der Waals surface area (Å²) in [5.41, 5.74) is 0. The van der Waals surface area contributed by atoms with Crippen LogP contribution in [0.1, 0.15) is 6.42 Å². The van der Waals surface area contributed by atoms with Crippen LogP contribution in [0.25, 0.3) is 0 Å². The monoisotopic (exact) mass is 97.1 g/mol. The topological polar surface area (TPSA) is 15.6 Å². The average Bonchev–Trinajstić information content (AvgIpc) is 1.69. The summed E-state index contributed by atoms with van der Waals surface area (Å²) in [4.78, 5) is 5.91. The van der Waals surface area contributed by atoms with Crippen LogP contribution in [0.2, 0.25) is 0 Å². The first-order valence-electron chi connectivity index (χ1n) is 2.53. The van der Waals surface area contributed by atoms with Crippen LogP contribution >= 0.6 is 0 Å². The van der Waals surface area contributed by atoms with Crippen molar-refractivity contribution in [2.75, 3.05) is 20.1 Å². The van der Waals surface area contributed by atoms with Crippen molar-refractivity contribution >= 4 is 6.34 Å². The van der Waals surface area contributed by atoms with Crippen LogP contribution in [0, 0.1) is 0 Å². The van der Waals surface area contributed by atoms with Crippen LogP contribution in [0.3, 0.4) is 0 Å². The zero-order valence-electron chi connectivity index (χ0n) is 4.52. The Morgan fingerprint density at radius 2 is 2.57 bits per heavy atom. The highest BCUT2D eigenvalue weighted by molar-refractivity contribution is 5.54. The molecule has 1 aliphatic rings. The van der Waals surface area contributed by atoms with Gasteiger partial charge in [-0.1, -0.05) is 0 Å². The van der Waals surface area contributed by atoms with E-state index in [9.17, 15) is 0 Å². The highest BCUT2D eigenvalue weighted by Crippen LogP contribution is 1.90. The van der Waals surface area contributed by atoms with Gasteiger partial charge in [-0.15, -0.1) is 0 Å². The van der Waals surface area contributed by atoms with Crippen LogP contribution in [0.15, 0.2) is 4.99 Å². The molecule has 0 saturated heterocycles. The number of nitrogens with zero attached hydrogens (tertiary/aromatic N) is 2. The maximum atomic E-state index is 3.93. The molecule has 39 valence electrons. The van der Waals surface area contributed by atoms with E-state index < -0.39 is 0 Å². The summed E-state index contributed by atoms with van der Waals surface area (Å²) in [5.74, 6) is 0. The van der Waals surface area contributed by atoms with Crippen LogP contribution in [-0.2, 0) is 0 Å². The van der Waals surface area contributed by atoms with Crippen molar-refractivity contribution < 1.29 is 0 Å². The van der Waals surface area contributed by atoms with E-state index in [-0.39, 0.29) is 0 Å². The summed E-state index contributed by atoms with van der Waals surface area (Å²) in [6, 6.07) is 0. The lowest BCUT2D eigenvalue weighted by Gasteiger charge is -2.13. The molecule has 2 heteroatoms. The Hall–Kier alpha value is -0.530. The fourth-order valence-electron chi connectivity index (χ4n) is 0.608. The Morgan fingerprint density at radius 3 is 2.86 bits per heavy atom. The van der Waals surface area contributed by atoms with E-state index in [0.717, 1.165) is 13.1 Å². The summed E-state index contributed by atoms with van der Waals surface area (Å²) >= 11 is 0. The molecular weight excluding hydrogens is 88.1 g/mol. The van der Waals surface area contributed by atoms with Gasteiger partial charge < -0.3 is 4.90 Å². The molecule has 1 radical (unpaired) electrons. The molecule has 0 unspecified atom stereocenters. The Labute approximate surface area is 43.8 Å². The minimum Gasteiger partial charge on any atom is -0.357 e. The van der Waals surface area contributed by atoms with Crippen molar-refractivity contribution in [2.24, 2.45) is 4.99 Å². The summed E-state index contributed by atoms with van der Waals surface area (Å²) in [6.07, 6.45) is 4.02. The summed E-state index contributed by atoms with van der Waals surface area (Å²) in [7, 11) is 1.99. The van der Waals surface area contributed by atoms with E-state index in [1.165, 1.54) is 6.42 Å². The Bertz CT molecular complexity index is 78.1. The Balaban J connectivity index is 2.36. The van der Waals surface area contributed by atoms with Crippen LogP contribution < -0.4 is 0 Å². The van der Waals surface area contributed by atoms with Gasteiger partial charge in [0, 0.05) is 20.1 Å². The van der Waals surface area contributed by atoms with Gasteiger partial charge in [0.15, 0.2) is 6.34 Å². The lowest BCUT2D eigenvalue weighted by atomic mass is 10.4. The van der Waals surface area contributed by atoms with Gasteiger partial charge in [-0.05, 0) is 6.42 Å². The van der Waals surface area contributed by atoms with E-state index >= 15 is 0 Å². The third-order valence-corrected chi connectivity index (χ3v) is 1.00. The zero-order chi connectivity index (χ0) is 5.11. The van der Waals surface area contributed by atoms with Crippen LogP contribution in [-0.4, -0.2) is 31.4 Å². The standard InChI is InChI=1S/C5H9N2/c1-7-4-2-3-6-5-7/h2-4H2,1H3. The molecule has 0 bridgehead atoms. The Morgan fingerprint density at radius 1 is 1.71 bits per heavy atom. The van der Waals surface area contributed by atoms with Crippen molar-refractivity contribution in [3.05, 3.63) is 0 Å². The Kier molecular flexibility index (Phi) is 1.29. The van der Waals surface area contributed by atoms with Gasteiger partial charge in [-0.2, -0.15) is 0 Å². The van der Waals surface area contributed by atoms with E-state index in [2.05, 4.69) is 11.3 Å². The summed E-state index contributed by atoms with van der Waals surface area (Å²) in [6.45, 7) is 2.08. The first-order valence-corrected chi connectivity index (χ1v) is 2.53. The largest absolute Gasteiger partial charge is 0.357 e. The average molecular weight is 97.1 g/mol. The highest BCUT2D eigenvalue weighted by Gasteiger charge is 1.96. The van der Waals surface area contributed by atoms with Gasteiger partial charge in [0.05, 0.1) is 0 Å². The molecule has 0 aliphatic carbocycles. The van der Waals surface area contributed by atoms with Crippen molar-refractivity contribution in [1.29, 1.82) is 0 Å². The highest BCUT2D eigenvalue weighted by atomic mass is 15.1. The first kappa shape index (κ1) is 4.62. The SMILES string of the molecule is CN1[C]=NCCC1. The van der Waals surface area contributed by atoms with Crippen molar-refractivity contribution in [3.8, 4) is 0 Å². The van der Waals surface area contributed by atoms with Gasteiger partial charge in [0.25, 0.3) is 0 Å². The number of hydrogen-bond donors (Lipinski definition) is 0. The second-order valence-corrected chi connectivity index (χ2v) is 1.76. The molecule has 0 aromatic carbocycles. The third kappa shape index (κ3) is 1.18. The van der Waals surface area contributed by atoms with Crippen molar-refractivity contribution in [2.45, 2.75) is 6.42 Å². The van der Waals surface area contributed by atoms with Gasteiger partial charge >= 0.3 is 0 Å². The maximum Gasteiger partial charge on any atom is 0.166 e. The normalized spacial score (nSPS) is 20.4. The van der Waals surface area contributed by atoms with Crippen LogP contribution in [0.4, 0.5) is 0 Å². The van der Waals surface area contributed by atoms with Gasteiger partial charge in [-0.25, -0.2) is 0 Å². The number of rotatable bonds is 0. The lowest BCUT2D eigenvalue weighted by molar-refractivity contribution is 0.482. The predicted octanol–water partition coefficient (Wildman–Crippen LogP) is 0.227. The number of aliphatic imine (C=N–C) groups is 1. The maximum absolute atomic E-state index is 3.93. The molecular formula is C5H9N2. The van der Waals surface area contributed by atoms with Crippen molar-refractivity contribution in [1.82, 2.24) is 4.90 Å². The van der Waals surface area contributed by atoms with E-state index in [1.807, 2.05) is 11.9 Å². The second kappa shape index (κ2) is 1.96. The smallest absolute Gasteiger partial charge is 0.166 e. The van der Waals surface area contributed by atoms with Crippen LogP contribution in [0.5, 0.6) is 0 Å². The molecule has 0 atom stereocenters. The van der Waals surface area contributed by atoms with Gasteiger partial charge in [-0.3, -0.25) is 4.99 Å². The predicted molar refractivity (Wildman–Crippen MR) is 29.5 cm³/mol. The van der Waals surface area contributed by atoms with Gasteiger partial charge in [0.2, 0.25) is 0 Å². The summed E-state index contributed by atoms with van der Waals surface area (Å²) in [5, 5.41) is 0. The van der Waals surface area contributed by atoms with Gasteiger partial charge in [0.1, 0.15) is 0 Å². The lowest BCUT2D eigenvalue weighted by Crippen LogP contribution is -2.21. The molecule has 0 N–H and O–H groups in total. The molecule has 1 aliphatic heterocycles. The molecule has 1 heterocycles. The molecule has 0 aromatic rings. The molecule has 0 saturated carbocycles. The minimum absolute atomic E-state index is 0.963. The fraction of sp³-hybridized carbons (Fsp3) is 0.800. The second-order valence-electron chi connectivity index (χ2n) is 1.76. The third-order valence-electron chi connectivity index (χ3n) is 1.00. The molecule has 1 rings (SSSR count). The first-order chi connectivity index (χ1) is 3.39. The number of hydrogen-bond acceptors (Lipinski definition) is 2.